The van der Waals surface area contributed by atoms with Crippen LogP contribution in [0.15, 0.2) is 10.0 Å². The molecule has 1 heterocycles. The van der Waals surface area contributed by atoms with E-state index < -0.39 is 14.1 Å². The molecule has 0 radical (unpaired) electrons. The van der Waals surface area contributed by atoms with Gasteiger partial charge in [-0.25, -0.2) is 0 Å². The van der Waals surface area contributed by atoms with Gasteiger partial charge < -0.3 is 0 Å². The molecule has 0 amide bonds. The van der Waals surface area contributed by atoms with E-state index in [4.69, 9.17) is 0 Å². The van der Waals surface area contributed by atoms with Crippen molar-refractivity contribution in [3.8, 4) is 0 Å². The van der Waals surface area contributed by atoms with Crippen LogP contribution < -0.4 is 0 Å². The Hall–Kier alpha value is 0.272. The highest BCUT2D eigenvalue weighted by atomic mass is 27.2. The van der Waals surface area contributed by atoms with Crippen LogP contribution in [0.3, 0.4) is 0 Å². The van der Waals surface area contributed by atoms with Crippen molar-refractivity contribution in [3.63, 3.8) is 0 Å². The van der Waals surface area contributed by atoms with E-state index in [2.05, 4.69) is 20.8 Å². The summed E-state index contributed by atoms with van der Waals surface area (Å²) >= 11 is -0.403. The Morgan fingerprint density at radius 2 is 1.77 bits per heavy atom. The summed E-state index contributed by atoms with van der Waals surface area (Å²) in [5.74, 6) is 0. The van der Waals surface area contributed by atoms with Crippen LogP contribution in [0.4, 0.5) is 0 Å². The Kier molecular flexibility index (Phi) is 5.14. The average Bonchev–Trinajstić information content (AvgIpc) is 2.50. The largest absolute Gasteiger partial charge is 0.299 e. The van der Waals surface area contributed by atoms with E-state index in [-0.39, 0.29) is 0 Å². The predicted octanol–water partition coefficient (Wildman–Crippen LogP) is 4.34. The van der Waals surface area contributed by atoms with Crippen LogP contribution >= 0.6 is 0 Å². The van der Waals surface area contributed by atoms with Gasteiger partial charge in [0.25, 0.3) is 14.1 Å². The van der Waals surface area contributed by atoms with Gasteiger partial charge in [0.05, 0.1) is 0 Å². The molecule has 1 rings (SSSR count). The molecule has 0 aromatic carbocycles. The van der Waals surface area contributed by atoms with Crippen molar-refractivity contribution in [1.29, 1.82) is 0 Å². The molecule has 0 unspecified atom stereocenters. The first-order valence-electron chi connectivity index (χ1n) is 6.04. The lowest BCUT2D eigenvalue weighted by atomic mass is 10.1. The Morgan fingerprint density at radius 3 is 2.31 bits per heavy atom. The molecular weight excluding hydrogens is 171 g/mol. The van der Waals surface area contributed by atoms with Gasteiger partial charge in [0, 0.05) is 0 Å². The Labute approximate surface area is 87.8 Å². The summed E-state index contributed by atoms with van der Waals surface area (Å²) in [6.07, 6.45) is 7.02. The van der Waals surface area contributed by atoms with E-state index in [0.29, 0.717) is 0 Å². The minimum Gasteiger partial charge on any atom is -0.131 e. The zero-order valence-corrected chi connectivity index (χ0v) is 10.7. The third-order valence-electron chi connectivity index (χ3n) is 3.31. The van der Waals surface area contributed by atoms with Crippen LogP contribution in [0.5, 0.6) is 0 Å². The van der Waals surface area contributed by atoms with E-state index in [1.807, 2.05) is 10.0 Å². The van der Waals surface area contributed by atoms with E-state index in [9.17, 15) is 0 Å². The fourth-order valence-corrected chi connectivity index (χ4v) is 6.17. The molecule has 0 bridgehead atoms. The minimum absolute atomic E-state index is 0.403. The lowest BCUT2D eigenvalue weighted by molar-refractivity contribution is 0.842. The molecule has 0 saturated heterocycles. The average molecular weight is 194 g/mol. The summed E-state index contributed by atoms with van der Waals surface area (Å²) < 4.78 is 1.98. The second kappa shape index (κ2) is 5.89. The van der Waals surface area contributed by atoms with Gasteiger partial charge in [0.1, 0.15) is 0 Å². The van der Waals surface area contributed by atoms with Gasteiger partial charge in [-0.1, -0.05) is 49.8 Å². The second-order valence-electron chi connectivity index (χ2n) is 4.27. The van der Waals surface area contributed by atoms with Gasteiger partial charge in [-0.15, -0.1) is 4.44 Å². The van der Waals surface area contributed by atoms with Crippen LogP contribution in [0, 0.1) is 0 Å². The predicted molar refractivity (Wildman–Crippen MR) is 62.5 cm³/mol. The monoisotopic (exact) mass is 194 g/mol. The molecule has 0 aromatic rings. The maximum absolute atomic E-state index is 2.40. The van der Waals surface area contributed by atoms with Crippen molar-refractivity contribution in [2.24, 2.45) is 0 Å². The minimum atomic E-state index is -0.403. The summed E-state index contributed by atoms with van der Waals surface area (Å²) in [6, 6.07) is 0. The van der Waals surface area contributed by atoms with Crippen molar-refractivity contribution in [3.05, 3.63) is 10.0 Å². The molecule has 74 valence electrons. The highest BCUT2D eigenvalue weighted by Crippen LogP contribution is 2.33. The lowest BCUT2D eigenvalue weighted by Crippen LogP contribution is -2.10. The van der Waals surface area contributed by atoms with E-state index >= 15 is 0 Å². The van der Waals surface area contributed by atoms with Crippen molar-refractivity contribution in [2.45, 2.75) is 63.4 Å². The van der Waals surface area contributed by atoms with Crippen LogP contribution in [0.1, 0.15) is 52.9 Å². The molecule has 13 heavy (non-hydrogen) atoms. The number of allylic oxidation sites excluding steroid dienone is 2. The molecule has 1 aliphatic heterocycles. The lowest BCUT2D eigenvalue weighted by Gasteiger charge is -2.09. The molecule has 0 saturated carbocycles. The molecule has 0 aliphatic carbocycles. The van der Waals surface area contributed by atoms with Gasteiger partial charge in [-0.3, -0.25) is 0 Å². The van der Waals surface area contributed by atoms with Crippen molar-refractivity contribution in [2.75, 3.05) is 0 Å². The van der Waals surface area contributed by atoms with Crippen LogP contribution in [-0.2, 0) is 0 Å². The first-order chi connectivity index (χ1) is 6.33. The normalized spacial score (nSPS) is 17.3. The van der Waals surface area contributed by atoms with Gasteiger partial charge in [-0.2, -0.15) is 0 Å². The molecule has 0 spiro atoms. The highest BCUT2D eigenvalue weighted by molar-refractivity contribution is 6.67. The molecule has 0 aromatic heterocycles. The van der Waals surface area contributed by atoms with Gasteiger partial charge in [0.2, 0.25) is 0 Å². The summed E-state index contributed by atoms with van der Waals surface area (Å²) in [5, 5.41) is 3.09. The molecule has 0 N–H and O–H groups in total. The standard InChI is InChI=1S/C10H18.C2H5.Al/c1-4-7-9-10(6-3)8-5-2;1-2;/h3-8H2,1-2H3;1H2,2H3;. The molecule has 0 atom stereocenters. The van der Waals surface area contributed by atoms with Crippen LogP contribution in [0.2, 0.25) is 10.6 Å². The fraction of sp³-hybridized carbons (Fsp3) is 0.833. The van der Waals surface area contributed by atoms with Crippen molar-refractivity contribution >= 4 is 14.1 Å². The van der Waals surface area contributed by atoms with Crippen molar-refractivity contribution in [1.82, 2.24) is 0 Å². The van der Waals surface area contributed by atoms with E-state index in [0.717, 1.165) is 0 Å². The van der Waals surface area contributed by atoms with Gasteiger partial charge in [-0.05, 0) is 19.3 Å². The Balaban J connectivity index is 2.65. The van der Waals surface area contributed by atoms with E-state index in [1.165, 1.54) is 37.4 Å². The summed E-state index contributed by atoms with van der Waals surface area (Å²) in [4.78, 5) is 0. The maximum Gasteiger partial charge on any atom is 0.299 e. The number of hydrogen-bond acceptors (Lipinski definition) is 0. The fourth-order valence-electron chi connectivity index (χ4n) is 2.66. The first-order valence-corrected chi connectivity index (χ1v) is 8.25. The summed E-state index contributed by atoms with van der Waals surface area (Å²) in [7, 11) is 0. The summed E-state index contributed by atoms with van der Waals surface area (Å²) in [5.41, 5.74) is 1.88. The molecule has 1 aliphatic rings. The SMILES string of the molecule is CCCC1=[C](CCC)[Al]([CH2]C)[CH2]C1. The zero-order chi connectivity index (χ0) is 9.68. The molecule has 1 heteroatoms. The maximum atomic E-state index is 2.40. The van der Waals surface area contributed by atoms with Gasteiger partial charge >= 0.3 is 0 Å². The zero-order valence-electron chi connectivity index (χ0n) is 9.53. The molecule has 0 nitrogen and oxygen atoms in total. The second-order valence-corrected chi connectivity index (χ2v) is 7.76. The molecular formula is C12H23Al. The van der Waals surface area contributed by atoms with Crippen LogP contribution in [-0.4, -0.2) is 14.1 Å². The third-order valence-corrected chi connectivity index (χ3v) is 6.96. The molecule has 0 fully saturated rings. The number of rotatable bonds is 5. The number of hydrogen-bond donors (Lipinski definition) is 0. The highest BCUT2D eigenvalue weighted by Gasteiger charge is 2.27. The Morgan fingerprint density at radius 1 is 1.08 bits per heavy atom. The van der Waals surface area contributed by atoms with Crippen LogP contribution in [0.25, 0.3) is 0 Å². The Bertz CT molecular complexity index is 182. The summed E-state index contributed by atoms with van der Waals surface area (Å²) in [6.45, 7) is 7.05. The van der Waals surface area contributed by atoms with Gasteiger partial charge in [0.15, 0.2) is 0 Å². The topological polar surface area (TPSA) is 0 Å². The smallest absolute Gasteiger partial charge is 0.131 e. The van der Waals surface area contributed by atoms with Crippen molar-refractivity contribution < 1.29 is 0 Å². The van der Waals surface area contributed by atoms with E-state index in [1.54, 1.807) is 5.28 Å². The quantitative estimate of drug-likeness (QED) is 0.571. The first kappa shape index (κ1) is 11.3. The third kappa shape index (κ3) is 2.86.